The van der Waals surface area contributed by atoms with E-state index in [4.69, 9.17) is 10.5 Å². The topological polar surface area (TPSA) is 102 Å². The fourth-order valence-electron chi connectivity index (χ4n) is 5.27. The molecular formula is C35H35N3O4. The van der Waals surface area contributed by atoms with Crippen LogP contribution in [-0.2, 0) is 22.6 Å². The zero-order valence-electron chi connectivity index (χ0n) is 23.4. The van der Waals surface area contributed by atoms with Crippen LogP contribution in [0.25, 0.3) is 11.1 Å². The Hall–Kier alpha value is -4.75. The Balaban J connectivity index is 1.29. The maximum absolute atomic E-state index is 13.8. The van der Waals surface area contributed by atoms with Crippen molar-refractivity contribution in [2.45, 2.75) is 44.3 Å². The summed E-state index contributed by atoms with van der Waals surface area (Å²) in [6.45, 7) is 0.909. The minimum Gasteiger partial charge on any atom is -0.457 e. The molecule has 3 N–H and O–H groups in total. The molecule has 0 aromatic heterocycles. The van der Waals surface area contributed by atoms with Crippen LogP contribution in [-0.4, -0.2) is 41.6 Å². The van der Waals surface area contributed by atoms with Crippen LogP contribution in [0.5, 0.6) is 11.5 Å². The molecule has 1 aliphatic rings. The van der Waals surface area contributed by atoms with E-state index < -0.39 is 12.1 Å². The summed E-state index contributed by atoms with van der Waals surface area (Å²) in [7, 11) is 0. The van der Waals surface area contributed by atoms with Crippen molar-refractivity contribution < 1.29 is 19.1 Å². The summed E-state index contributed by atoms with van der Waals surface area (Å²) >= 11 is 0. The SMILES string of the molecule is NCCCC[C@H]1C(=O)N[C@@H](Cc2ccc(Oc3cccc(C=O)c3)cc2)C(=O)N1Cc1ccc(-c2ccccc2)cc1. The molecule has 1 saturated heterocycles. The number of carbonyl (C=O) groups excluding carboxylic acids is 3. The number of rotatable bonds is 12. The number of hydrogen-bond donors (Lipinski definition) is 2. The highest BCUT2D eigenvalue weighted by atomic mass is 16.5. The molecule has 1 fully saturated rings. The molecular weight excluding hydrogens is 526 g/mol. The highest BCUT2D eigenvalue weighted by molar-refractivity contribution is 5.97. The van der Waals surface area contributed by atoms with Crippen LogP contribution >= 0.6 is 0 Å². The first kappa shape index (κ1) is 28.8. The summed E-state index contributed by atoms with van der Waals surface area (Å²) in [5.74, 6) is 0.953. The number of benzene rings is 4. The third-order valence-corrected chi connectivity index (χ3v) is 7.52. The number of nitrogens with two attached hydrogens (primary N) is 1. The predicted molar refractivity (Wildman–Crippen MR) is 163 cm³/mol. The highest BCUT2D eigenvalue weighted by Gasteiger charge is 2.40. The Morgan fingerprint density at radius 2 is 1.50 bits per heavy atom. The summed E-state index contributed by atoms with van der Waals surface area (Å²) in [4.78, 5) is 39.9. The van der Waals surface area contributed by atoms with Crippen LogP contribution < -0.4 is 15.8 Å². The maximum atomic E-state index is 13.8. The van der Waals surface area contributed by atoms with E-state index in [9.17, 15) is 14.4 Å². The second-order valence-electron chi connectivity index (χ2n) is 10.5. The summed E-state index contributed by atoms with van der Waals surface area (Å²) in [5.41, 5.74) is 10.3. The summed E-state index contributed by atoms with van der Waals surface area (Å²) in [6, 6.07) is 31.4. The van der Waals surface area contributed by atoms with Crippen LogP contribution in [0.15, 0.2) is 103 Å². The number of nitrogens with zero attached hydrogens (tertiary/aromatic N) is 1. The van der Waals surface area contributed by atoms with Gasteiger partial charge in [-0.3, -0.25) is 14.4 Å². The molecule has 2 amide bonds. The minimum absolute atomic E-state index is 0.0921. The monoisotopic (exact) mass is 561 g/mol. The molecule has 7 nitrogen and oxygen atoms in total. The lowest BCUT2D eigenvalue weighted by Gasteiger charge is -2.39. The van der Waals surface area contributed by atoms with E-state index in [0.717, 1.165) is 41.4 Å². The first-order chi connectivity index (χ1) is 20.5. The van der Waals surface area contributed by atoms with E-state index in [1.54, 1.807) is 29.2 Å². The van der Waals surface area contributed by atoms with Gasteiger partial charge in [0.05, 0.1) is 0 Å². The Labute approximate surface area is 246 Å². The van der Waals surface area contributed by atoms with Gasteiger partial charge in [-0.2, -0.15) is 0 Å². The Morgan fingerprint density at radius 1 is 0.786 bits per heavy atom. The Bertz CT molecular complexity index is 1500. The van der Waals surface area contributed by atoms with E-state index in [1.807, 2.05) is 54.6 Å². The van der Waals surface area contributed by atoms with Crippen molar-refractivity contribution in [2.75, 3.05) is 6.54 Å². The smallest absolute Gasteiger partial charge is 0.246 e. The number of carbonyl (C=O) groups is 3. The van der Waals surface area contributed by atoms with Crippen LogP contribution in [0.4, 0.5) is 0 Å². The van der Waals surface area contributed by atoms with Gasteiger partial charge < -0.3 is 20.7 Å². The number of nitrogens with one attached hydrogen (secondary N) is 1. The molecule has 4 aromatic carbocycles. The largest absolute Gasteiger partial charge is 0.457 e. The van der Waals surface area contributed by atoms with Crippen molar-refractivity contribution in [3.8, 4) is 22.6 Å². The molecule has 1 aliphatic heterocycles. The van der Waals surface area contributed by atoms with E-state index in [2.05, 4.69) is 29.6 Å². The quantitative estimate of drug-likeness (QED) is 0.175. The first-order valence-electron chi connectivity index (χ1n) is 14.3. The minimum atomic E-state index is -0.664. The average molecular weight is 562 g/mol. The molecule has 214 valence electrons. The summed E-state index contributed by atoms with van der Waals surface area (Å²) < 4.78 is 5.87. The lowest BCUT2D eigenvalue weighted by Crippen LogP contribution is -2.63. The molecule has 2 atom stereocenters. The molecule has 0 spiro atoms. The van der Waals surface area contributed by atoms with Crippen molar-refractivity contribution >= 4 is 18.1 Å². The fraction of sp³-hybridized carbons (Fsp3) is 0.229. The number of hydrogen-bond acceptors (Lipinski definition) is 5. The zero-order chi connectivity index (χ0) is 29.3. The van der Waals surface area contributed by atoms with Gasteiger partial charge in [0.15, 0.2) is 0 Å². The van der Waals surface area contributed by atoms with Crippen LogP contribution in [0.1, 0.15) is 40.7 Å². The molecule has 0 saturated carbocycles. The van der Waals surface area contributed by atoms with Gasteiger partial charge in [0.2, 0.25) is 11.8 Å². The van der Waals surface area contributed by atoms with E-state index in [0.29, 0.717) is 43.0 Å². The molecule has 1 heterocycles. The van der Waals surface area contributed by atoms with Gasteiger partial charge in [0, 0.05) is 18.5 Å². The summed E-state index contributed by atoms with van der Waals surface area (Å²) in [6.07, 6.45) is 3.28. The lowest BCUT2D eigenvalue weighted by molar-refractivity contribution is -0.150. The second kappa shape index (κ2) is 13.7. The summed E-state index contributed by atoms with van der Waals surface area (Å²) in [5, 5.41) is 2.98. The Kier molecular flexibility index (Phi) is 9.41. The van der Waals surface area contributed by atoms with Crippen molar-refractivity contribution in [1.82, 2.24) is 10.2 Å². The van der Waals surface area contributed by atoms with E-state index in [-0.39, 0.29) is 11.8 Å². The molecule has 0 radical (unpaired) electrons. The normalized spacial score (nSPS) is 16.6. The number of aldehydes is 1. The number of ether oxygens (including phenoxy) is 1. The molecule has 0 aliphatic carbocycles. The number of amides is 2. The third-order valence-electron chi connectivity index (χ3n) is 7.52. The van der Waals surface area contributed by atoms with E-state index >= 15 is 0 Å². The van der Waals surface area contributed by atoms with Gasteiger partial charge >= 0.3 is 0 Å². The van der Waals surface area contributed by atoms with Crippen LogP contribution in [0.3, 0.4) is 0 Å². The van der Waals surface area contributed by atoms with Gasteiger partial charge in [0.25, 0.3) is 0 Å². The van der Waals surface area contributed by atoms with Crippen molar-refractivity contribution in [3.63, 3.8) is 0 Å². The number of unbranched alkanes of at least 4 members (excludes halogenated alkanes) is 1. The standard InChI is InChI=1S/C35H35N3O4/c36-20-5-4-11-33-34(40)37-32(22-25-14-18-30(19-15-25)42-31-10-6-7-27(21-31)24-39)35(41)38(33)23-26-12-16-29(17-13-26)28-8-2-1-3-9-28/h1-3,6-10,12-19,21,24,32-33H,4-5,11,20,22-23,36H2,(H,37,40)/t32-,33-/m0/s1. The first-order valence-corrected chi connectivity index (χ1v) is 14.3. The van der Waals surface area contributed by atoms with Gasteiger partial charge in [-0.25, -0.2) is 0 Å². The van der Waals surface area contributed by atoms with Crippen molar-refractivity contribution in [1.29, 1.82) is 0 Å². The van der Waals surface area contributed by atoms with Gasteiger partial charge in [-0.15, -0.1) is 0 Å². The molecule has 0 bridgehead atoms. The Morgan fingerprint density at radius 3 is 2.21 bits per heavy atom. The second-order valence-corrected chi connectivity index (χ2v) is 10.5. The van der Waals surface area contributed by atoms with Gasteiger partial charge in [-0.05, 0) is 72.3 Å². The van der Waals surface area contributed by atoms with Crippen LogP contribution in [0.2, 0.25) is 0 Å². The van der Waals surface area contributed by atoms with Crippen LogP contribution in [0, 0.1) is 0 Å². The van der Waals surface area contributed by atoms with E-state index in [1.165, 1.54) is 0 Å². The molecule has 5 rings (SSSR count). The molecule has 0 unspecified atom stereocenters. The highest BCUT2D eigenvalue weighted by Crippen LogP contribution is 2.26. The third kappa shape index (κ3) is 7.11. The zero-order valence-corrected chi connectivity index (χ0v) is 23.4. The lowest BCUT2D eigenvalue weighted by atomic mass is 9.96. The van der Waals surface area contributed by atoms with Gasteiger partial charge in [-0.1, -0.05) is 78.9 Å². The molecule has 4 aromatic rings. The van der Waals surface area contributed by atoms with Gasteiger partial charge in [0.1, 0.15) is 29.9 Å². The maximum Gasteiger partial charge on any atom is 0.246 e. The molecule has 42 heavy (non-hydrogen) atoms. The average Bonchev–Trinajstić information content (AvgIpc) is 3.03. The number of piperazine rings is 1. The van der Waals surface area contributed by atoms with Crippen molar-refractivity contribution in [3.05, 3.63) is 120 Å². The molecule has 7 heteroatoms. The predicted octanol–water partition coefficient (Wildman–Crippen LogP) is 5.53. The van der Waals surface area contributed by atoms with Crippen molar-refractivity contribution in [2.24, 2.45) is 5.73 Å². The fourth-order valence-corrected chi connectivity index (χ4v) is 5.27.